The van der Waals surface area contributed by atoms with Crippen LogP contribution in [0.5, 0.6) is 17.2 Å². The number of carbonyl (C=O) groups excluding carboxylic acids is 4. The lowest BCUT2D eigenvalue weighted by Crippen LogP contribution is -2.43. The van der Waals surface area contributed by atoms with Gasteiger partial charge in [0, 0.05) is 24.2 Å². The van der Waals surface area contributed by atoms with Crippen LogP contribution in [-0.4, -0.2) is 44.0 Å². The summed E-state index contributed by atoms with van der Waals surface area (Å²) < 4.78 is 16.0. The number of hydrogen-bond acceptors (Lipinski definition) is 7. The standard InChI is InChI=1S/C27H25N3O7/c1-35-21-11-13-23(14-12-21)37-22-9-7-20(8-10-22)30-16-19(15-25(30)32)27(34)36-17-24(31)28-29-26(33)18-5-3-2-4-6-18/h2-14,19H,15-17H2,1H3,(H,28,31)(H,29,33)/t19-/m0/s1. The molecule has 10 heteroatoms. The summed E-state index contributed by atoms with van der Waals surface area (Å²) >= 11 is 0. The van der Waals surface area contributed by atoms with Gasteiger partial charge in [-0.3, -0.25) is 30.0 Å². The van der Waals surface area contributed by atoms with Gasteiger partial charge in [0.2, 0.25) is 5.91 Å². The molecule has 1 aliphatic rings. The summed E-state index contributed by atoms with van der Waals surface area (Å²) in [7, 11) is 1.59. The molecule has 0 saturated carbocycles. The highest BCUT2D eigenvalue weighted by atomic mass is 16.5. The van der Waals surface area contributed by atoms with E-state index in [9.17, 15) is 19.2 Å². The van der Waals surface area contributed by atoms with E-state index < -0.39 is 30.3 Å². The van der Waals surface area contributed by atoms with Crippen molar-refractivity contribution < 1.29 is 33.4 Å². The van der Waals surface area contributed by atoms with Crippen molar-refractivity contribution in [2.24, 2.45) is 5.92 Å². The molecular formula is C27H25N3O7. The van der Waals surface area contributed by atoms with E-state index in [2.05, 4.69) is 10.9 Å². The van der Waals surface area contributed by atoms with Crippen LogP contribution in [0.2, 0.25) is 0 Å². The van der Waals surface area contributed by atoms with Crippen molar-refractivity contribution in [3.05, 3.63) is 84.4 Å². The van der Waals surface area contributed by atoms with Crippen LogP contribution in [0.15, 0.2) is 78.9 Å². The summed E-state index contributed by atoms with van der Waals surface area (Å²) in [6.07, 6.45) is -0.0324. The minimum absolute atomic E-state index is 0.0324. The number of hydrazine groups is 1. The van der Waals surface area contributed by atoms with E-state index in [1.165, 1.54) is 4.90 Å². The maximum atomic E-state index is 12.5. The highest BCUT2D eigenvalue weighted by molar-refractivity contribution is 6.00. The van der Waals surface area contributed by atoms with Crippen molar-refractivity contribution in [2.45, 2.75) is 6.42 Å². The lowest BCUT2D eigenvalue weighted by atomic mass is 10.1. The molecule has 0 radical (unpaired) electrons. The quantitative estimate of drug-likeness (QED) is 0.358. The summed E-state index contributed by atoms with van der Waals surface area (Å²) in [5, 5.41) is 0. The molecular weight excluding hydrogens is 478 g/mol. The Hall–Kier alpha value is -4.86. The molecule has 1 heterocycles. The largest absolute Gasteiger partial charge is 0.497 e. The average Bonchev–Trinajstić information content (AvgIpc) is 3.33. The molecule has 3 aromatic carbocycles. The van der Waals surface area contributed by atoms with Crippen molar-refractivity contribution in [1.82, 2.24) is 10.9 Å². The van der Waals surface area contributed by atoms with Crippen molar-refractivity contribution in [3.8, 4) is 17.2 Å². The smallest absolute Gasteiger partial charge is 0.311 e. The number of rotatable bonds is 8. The molecule has 37 heavy (non-hydrogen) atoms. The molecule has 0 unspecified atom stereocenters. The second-order valence-electron chi connectivity index (χ2n) is 8.15. The first kappa shape index (κ1) is 25.2. The van der Waals surface area contributed by atoms with E-state index >= 15 is 0 Å². The number of nitrogens with one attached hydrogen (secondary N) is 2. The van der Waals surface area contributed by atoms with E-state index in [1.54, 1.807) is 86.0 Å². The van der Waals surface area contributed by atoms with Crippen LogP contribution in [0.3, 0.4) is 0 Å². The Morgan fingerprint density at radius 2 is 1.49 bits per heavy atom. The van der Waals surface area contributed by atoms with Crippen molar-refractivity contribution in [2.75, 3.05) is 25.2 Å². The Labute approximate surface area is 213 Å². The predicted octanol–water partition coefficient (Wildman–Crippen LogP) is 2.84. The molecule has 3 aromatic rings. The van der Waals surface area contributed by atoms with Gasteiger partial charge in [-0.15, -0.1) is 0 Å². The molecule has 0 spiro atoms. The molecule has 10 nitrogen and oxygen atoms in total. The molecule has 1 fully saturated rings. The van der Waals surface area contributed by atoms with Crippen molar-refractivity contribution >= 4 is 29.4 Å². The fourth-order valence-corrected chi connectivity index (χ4v) is 3.67. The Balaban J connectivity index is 1.24. The van der Waals surface area contributed by atoms with Crippen LogP contribution in [0, 0.1) is 5.92 Å². The number of hydrogen-bond donors (Lipinski definition) is 2. The number of amides is 3. The first-order valence-electron chi connectivity index (χ1n) is 11.5. The molecule has 0 aliphatic carbocycles. The normalized spacial score (nSPS) is 14.6. The van der Waals surface area contributed by atoms with Gasteiger partial charge in [-0.1, -0.05) is 18.2 Å². The van der Waals surface area contributed by atoms with Crippen LogP contribution in [0.1, 0.15) is 16.8 Å². The van der Waals surface area contributed by atoms with Gasteiger partial charge in [-0.05, 0) is 60.7 Å². The highest BCUT2D eigenvalue weighted by Gasteiger charge is 2.36. The molecule has 0 aromatic heterocycles. The number of anilines is 1. The molecule has 2 N–H and O–H groups in total. The van der Waals surface area contributed by atoms with Crippen molar-refractivity contribution in [1.29, 1.82) is 0 Å². The van der Waals surface area contributed by atoms with Crippen LogP contribution < -0.4 is 25.2 Å². The van der Waals surface area contributed by atoms with Gasteiger partial charge in [0.15, 0.2) is 6.61 Å². The van der Waals surface area contributed by atoms with Crippen LogP contribution >= 0.6 is 0 Å². The number of ether oxygens (including phenoxy) is 3. The van der Waals surface area contributed by atoms with Crippen LogP contribution in [-0.2, 0) is 19.1 Å². The lowest BCUT2D eigenvalue weighted by molar-refractivity contribution is -0.152. The minimum Gasteiger partial charge on any atom is -0.497 e. The van der Waals surface area contributed by atoms with E-state index in [4.69, 9.17) is 14.2 Å². The third-order valence-corrected chi connectivity index (χ3v) is 5.60. The summed E-state index contributed by atoms with van der Waals surface area (Å²) in [4.78, 5) is 50.3. The van der Waals surface area contributed by atoms with Crippen LogP contribution in [0.25, 0.3) is 0 Å². The molecule has 0 bridgehead atoms. The number of carbonyl (C=O) groups is 4. The maximum Gasteiger partial charge on any atom is 0.311 e. The van der Waals surface area contributed by atoms with E-state index in [-0.39, 0.29) is 18.9 Å². The summed E-state index contributed by atoms with van der Waals surface area (Å²) in [6, 6.07) is 22.4. The molecule has 3 amide bonds. The second-order valence-corrected chi connectivity index (χ2v) is 8.15. The van der Waals surface area contributed by atoms with Crippen molar-refractivity contribution in [3.63, 3.8) is 0 Å². The maximum absolute atomic E-state index is 12.5. The fraction of sp³-hybridized carbons (Fsp3) is 0.185. The Morgan fingerprint density at radius 1 is 0.865 bits per heavy atom. The van der Waals surface area contributed by atoms with Crippen LogP contribution in [0.4, 0.5) is 5.69 Å². The molecule has 190 valence electrons. The van der Waals surface area contributed by atoms with E-state index in [1.807, 2.05) is 0 Å². The fourth-order valence-electron chi connectivity index (χ4n) is 3.67. The lowest BCUT2D eigenvalue weighted by Gasteiger charge is -2.17. The molecule has 1 aliphatic heterocycles. The zero-order valence-corrected chi connectivity index (χ0v) is 20.0. The third kappa shape index (κ3) is 6.63. The second kappa shape index (κ2) is 11.7. The van der Waals surface area contributed by atoms with Gasteiger partial charge in [0.25, 0.3) is 11.8 Å². The summed E-state index contributed by atoms with van der Waals surface area (Å²) in [5.74, 6) is -0.874. The number of nitrogens with zero attached hydrogens (tertiary/aromatic N) is 1. The molecule has 1 saturated heterocycles. The first-order valence-corrected chi connectivity index (χ1v) is 11.5. The molecule has 1 atom stereocenters. The first-order chi connectivity index (χ1) is 17.9. The van der Waals surface area contributed by atoms with E-state index in [0.717, 1.165) is 5.75 Å². The van der Waals surface area contributed by atoms with Gasteiger partial charge in [-0.2, -0.15) is 0 Å². The van der Waals surface area contributed by atoms with Gasteiger partial charge in [0.05, 0.1) is 13.0 Å². The Kier molecular flexibility index (Phi) is 7.99. The topological polar surface area (TPSA) is 123 Å². The zero-order chi connectivity index (χ0) is 26.2. The van der Waals surface area contributed by atoms with Gasteiger partial charge in [-0.25, -0.2) is 0 Å². The zero-order valence-electron chi connectivity index (χ0n) is 20.0. The predicted molar refractivity (Wildman–Crippen MR) is 133 cm³/mol. The van der Waals surface area contributed by atoms with Gasteiger partial charge in [0.1, 0.15) is 17.2 Å². The summed E-state index contributed by atoms with van der Waals surface area (Å²) in [6.45, 7) is -0.460. The minimum atomic E-state index is -0.713. The number of benzene rings is 3. The Morgan fingerprint density at radius 3 is 2.14 bits per heavy atom. The number of methoxy groups -OCH3 is 1. The Bertz CT molecular complexity index is 1260. The van der Waals surface area contributed by atoms with Gasteiger partial charge >= 0.3 is 5.97 Å². The molecule has 4 rings (SSSR count). The monoisotopic (exact) mass is 503 g/mol. The van der Waals surface area contributed by atoms with E-state index in [0.29, 0.717) is 22.7 Å². The highest BCUT2D eigenvalue weighted by Crippen LogP contribution is 2.29. The SMILES string of the molecule is COc1ccc(Oc2ccc(N3C[C@@H](C(=O)OCC(=O)NNC(=O)c4ccccc4)CC3=O)cc2)cc1. The average molecular weight is 504 g/mol. The summed E-state index contributed by atoms with van der Waals surface area (Å²) in [5.41, 5.74) is 5.41. The number of esters is 1. The third-order valence-electron chi connectivity index (χ3n) is 5.60. The van der Waals surface area contributed by atoms with Gasteiger partial charge < -0.3 is 19.1 Å².